The highest BCUT2D eigenvalue weighted by Gasteiger charge is 2.09. The molecule has 0 radical (unpaired) electrons. The number of rotatable bonds is 5. The predicted molar refractivity (Wildman–Crippen MR) is 76.0 cm³/mol. The minimum Gasteiger partial charge on any atom is -0.352 e. The second-order valence-corrected chi connectivity index (χ2v) is 5.31. The summed E-state index contributed by atoms with van der Waals surface area (Å²) in [6.45, 7) is 2.76. The van der Waals surface area contributed by atoms with Crippen molar-refractivity contribution in [2.24, 2.45) is 5.92 Å². The van der Waals surface area contributed by atoms with Gasteiger partial charge in [0.05, 0.1) is 5.56 Å². The Kier molecular flexibility index (Phi) is 6.13. The average molecular weight is 352 g/mol. The molecule has 0 saturated heterocycles. The fourth-order valence-corrected chi connectivity index (χ4v) is 2.30. The first-order chi connectivity index (χ1) is 7.65. The Hall–Kier alpha value is -0.290. The van der Waals surface area contributed by atoms with Crippen LogP contribution in [0.4, 0.5) is 0 Å². The molecule has 1 rings (SSSR count). The summed E-state index contributed by atoms with van der Waals surface area (Å²) < 4.78 is 0.975. The zero-order valence-corrected chi connectivity index (χ0v) is 12.1. The van der Waals surface area contributed by atoms with E-state index >= 15 is 0 Å². The summed E-state index contributed by atoms with van der Waals surface area (Å²) in [5, 5.41) is 2.92. The van der Waals surface area contributed by atoms with Gasteiger partial charge in [-0.25, -0.2) is 0 Å². The second-order valence-electron chi connectivity index (χ2n) is 3.77. The zero-order chi connectivity index (χ0) is 12.0. The van der Waals surface area contributed by atoms with Gasteiger partial charge in [-0.2, -0.15) is 0 Å². The standard InChI is InChI=1S/C12H15ClINO/c1-9(6-7-13)8-15-12(16)10-4-2-3-5-11(10)14/h2-5,9H,6-8H2,1H3,(H,15,16). The van der Waals surface area contributed by atoms with Gasteiger partial charge in [0.25, 0.3) is 5.91 Å². The summed E-state index contributed by atoms with van der Waals surface area (Å²) >= 11 is 7.81. The molecule has 0 aromatic heterocycles. The lowest BCUT2D eigenvalue weighted by atomic mass is 10.1. The van der Waals surface area contributed by atoms with Crippen LogP contribution in [-0.4, -0.2) is 18.3 Å². The molecule has 1 amide bonds. The molecule has 16 heavy (non-hydrogen) atoms. The summed E-state index contributed by atoms with van der Waals surface area (Å²) in [5.74, 6) is 1.05. The van der Waals surface area contributed by atoms with E-state index in [1.807, 2.05) is 24.3 Å². The maximum Gasteiger partial charge on any atom is 0.252 e. The third-order valence-corrected chi connectivity index (χ3v) is 3.49. The number of halogens is 2. The van der Waals surface area contributed by atoms with Crippen LogP contribution in [0.2, 0.25) is 0 Å². The van der Waals surface area contributed by atoms with Crippen molar-refractivity contribution in [1.29, 1.82) is 0 Å². The molecule has 0 bridgehead atoms. The van der Waals surface area contributed by atoms with Crippen molar-refractivity contribution < 1.29 is 4.79 Å². The number of hydrogen-bond acceptors (Lipinski definition) is 1. The molecule has 1 aromatic carbocycles. The van der Waals surface area contributed by atoms with Crippen molar-refractivity contribution in [2.45, 2.75) is 13.3 Å². The van der Waals surface area contributed by atoms with Crippen LogP contribution in [0.5, 0.6) is 0 Å². The third kappa shape index (κ3) is 4.29. The highest BCUT2D eigenvalue weighted by molar-refractivity contribution is 14.1. The van der Waals surface area contributed by atoms with E-state index in [0.717, 1.165) is 15.6 Å². The SMILES string of the molecule is CC(CCCl)CNC(=O)c1ccccc1I. The Labute approximate surface area is 115 Å². The van der Waals surface area contributed by atoms with Gasteiger partial charge in [0, 0.05) is 16.0 Å². The van der Waals surface area contributed by atoms with Gasteiger partial charge in [-0.3, -0.25) is 4.79 Å². The molecule has 0 aliphatic rings. The Balaban J connectivity index is 2.50. The molecule has 2 nitrogen and oxygen atoms in total. The summed E-state index contributed by atoms with van der Waals surface area (Å²) in [7, 11) is 0. The number of amides is 1. The summed E-state index contributed by atoms with van der Waals surface area (Å²) in [4.78, 5) is 11.8. The highest BCUT2D eigenvalue weighted by Crippen LogP contribution is 2.11. The largest absolute Gasteiger partial charge is 0.352 e. The third-order valence-electron chi connectivity index (χ3n) is 2.33. The number of carbonyl (C=O) groups excluding carboxylic acids is 1. The van der Waals surface area contributed by atoms with Crippen molar-refractivity contribution in [1.82, 2.24) is 5.32 Å². The van der Waals surface area contributed by atoms with E-state index < -0.39 is 0 Å². The van der Waals surface area contributed by atoms with Gasteiger partial charge in [0.2, 0.25) is 0 Å². The van der Waals surface area contributed by atoms with E-state index in [0.29, 0.717) is 18.3 Å². The number of alkyl halides is 1. The van der Waals surface area contributed by atoms with E-state index in [2.05, 4.69) is 34.8 Å². The number of nitrogens with one attached hydrogen (secondary N) is 1. The quantitative estimate of drug-likeness (QED) is 0.640. The van der Waals surface area contributed by atoms with Crippen molar-refractivity contribution in [3.63, 3.8) is 0 Å². The van der Waals surface area contributed by atoms with Gasteiger partial charge < -0.3 is 5.32 Å². The van der Waals surface area contributed by atoms with E-state index in [4.69, 9.17) is 11.6 Å². The van der Waals surface area contributed by atoms with Gasteiger partial charge >= 0.3 is 0 Å². The first-order valence-electron chi connectivity index (χ1n) is 5.24. The molecule has 1 unspecified atom stereocenters. The average Bonchev–Trinajstić information content (AvgIpc) is 2.27. The molecule has 0 heterocycles. The minimum absolute atomic E-state index is 0.00794. The van der Waals surface area contributed by atoms with Crippen LogP contribution in [0.1, 0.15) is 23.7 Å². The van der Waals surface area contributed by atoms with Crippen molar-refractivity contribution in [2.75, 3.05) is 12.4 Å². The minimum atomic E-state index is -0.00794. The molecular weight excluding hydrogens is 336 g/mol. The van der Waals surface area contributed by atoms with Gasteiger partial charge in [0.15, 0.2) is 0 Å². The molecule has 88 valence electrons. The van der Waals surface area contributed by atoms with E-state index in [1.165, 1.54) is 0 Å². The summed E-state index contributed by atoms with van der Waals surface area (Å²) in [6, 6.07) is 7.56. The Bertz CT molecular complexity index is 357. The van der Waals surface area contributed by atoms with Crippen LogP contribution in [0.15, 0.2) is 24.3 Å². The fourth-order valence-electron chi connectivity index (χ4n) is 1.30. The molecule has 0 spiro atoms. The van der Waals surface area contributed by atoms with Gasteiger partial charge in [-0.15, -0.1) is 11.6 Å². The lowest BCUT2D eigenvalue weighted by Gasteiger charge is -2.11. The molecular formula is C12H15ClINO. The molecule has 0 aliphatic heterocycles. The van der Waals surface area contributed by atoms with E-state index in [-0.39, 0.29) is 5.91 Å². The number of benzene rings is 1. The molecule has 1 aromatic rings. The maximum absolute atomic E-state index is 11.8. The Morgan fingerprint density at radius 2 is 2.19 bits per heavy atom. The number of carbonyl (C=O) groups is 1. The molecule has 0 fully saturated rings. The van der Waals surface area contributed by atoms with Crippen molar-refractivity contribution in [3.8, 4) is 0 Å². The number of hydrogen-bond donors (Lipinski definition) is 1. The fraction of sp³-hybridized carbons (Fsp3) is 0.417. The Morgan fingerprint density at radius 3 is 2.81 bits per heavy atom. The molecule has 0 saturated carbocycles. The second kappa shape index (κ2) is 7.12. The normalized spacial score (nSPS) is 12.2. The Morgan fingerprint density at radius 1 is 1.50 bits per heavy atom. The zero-order valence-electron chi connectivity index (χ0n) is 9.17. The van der Waals surface area contributed by atoms with Crippen molar-refractivity contribution in [3.05, 3.63) is 33.4 Å². The van der Waals surface area contributed by atoms with E-state index in [9.17, 15) is 4.79 Å². The highest BCUT2D eigenvalue weighted by atomic mass is 127. The van der Waals surface area contributed by atoms with Crippen LogP contribution in [0.3, 0.4) is 0 Å². The van der Waals surface area contributed by atoms with Crippen molar-refractivity contribution >= 4 is 40.1 Å². The van der Waals surface area contributed by atoms with Crippen LogP contribution < -0.4 is 5.32 Å². The topological polar surface area (TPSA) is 29.1 Å². The molecule has 0 aliphatic carbocycles. The maximum atomic E-state index is 11.8. The van der Waals surface area contributed by atoms with Gasteiger partial charge in [0.1, 0.15) is 0 Å². The smallest absolute Gasteiger partial charge is 0.252 e. The van der Waals surface area contributed by atoms with E-state index in [1.54, 1.807) is 0 Å². The monoisotopic (exact) mass is 351 g/mol. The predicted octanol–water partition coefficient (Wildman–Crippen LogP) is 3.29. The first-order valence-corrected chi connectivity index (χ1v) is 6.85. The molecule has 1 N–H and O–H groups in total. The van der Waals surface area contributed by atoms with Crippen LogP contribution in [0.25, 0.3) is 0 Å². The van der Waals surface area contributed by atoms with Gasteiger partial charge in [-0.05, 0) is 47.1 Å². The summed E-state index contributed by atoms with van der Waals surface area (Å²) in [5.41, 5.74) is 0.737. The van der Waals surface area contributed by atoms with Crippen LogP contribution in [-0.2, 0) is 0 Å². The molecule has 1 atom stereocenters. The molecule has 4 heteroatoms. The van der Waals surface area contributed by atoms with Gasteiger partial charge in [-0.1, -0.05) is 19.1 Å². The lowest BCUT2D eigenvalue weighted by molar-refractivity contribution is 0.0947. The lowest BCUT2D eigenvalue weighted by Crippen LogP contribution is -2.29. The van der Waals surface area contributed by atoms with Crippen LogP contribution >= 0.6 is 34.2 Å². The summed E-state index contributed by atoms with van der Waals surface area (Å²) in [6.07, 6.45) is 0.924. The van der Waals surface area contributed by atoms with Crippen LogP contribution in [0, 0.1) is 9.49 Å². The first kappa shape index (κ1) is 13.8.